The van der Waals surface area contributed by atoms with Crippen LogP contribution in [0.2, 0.25) is 0 Å². The second-order valence-corrected chi connectivity index (χ2v) is 4.27. The number of benzene rings is 2. The van der Waals surface area contributed by atoms with Gasteiger partial charge in [-0.3, -0.25) is 4.79 Å². The van der Waals surface area contributed by atoms with Gasteiger partial charge in [-0.2, -0.15) is 5.26 Å². The fraction of sp³-hybridized carbons (Fsp3) is 0.0625. The van der Waals surface area contributed by atoms with Crippen molar-refractivity contribution in [1.82, 2.24) is 0 Å². The Bertz CT molecular complexity index is 721. The third-order valence-electron chi connectivity index (χ3n) is 2.66. The van der Waals surface area contributed by atoms with Crippen LogP contribution in [0.3, 0.4) is 0 Å². The molecule has 1 N–H and O–H groups in total. The normalized spacial score (nSPS) is 10.2. The van der Waals surface area contributed by atoms with E-state index < -0.39 is 11.7 Å². The molecule has 0 saturated heterocycles. The van der Waals surface area contributed by atoms with Crippen molar-refractivity contribution >= 4 is 17.8 Å². The maximum atomic E-state index is 13.3. The zero-order valence-corrected chi connectivity index (χ0v) is 11.5. The number of hydrogen-bond acceptors (Lipinski definition) is 4. The molecule has 0 fully saturated rings. The van der Waals surface area contributed by atoms with Gasteiger partial charge in [0.1, 0.15) is 5.82 Å². The molecule has 0 unspecified atom stereocenters. The van der Waals surface area contributed by atoms with Crippen molar-refractivity contribution in [2.75, 3.05) is 11.9 Å². The lowest BCUT2D eigenvalue weighted by Crippen LogP contribution is -2.16. The van der Waals surface area contributed by atoms with E-state index in [0.717, 1.165) is 0 Å². The number of nitriles is 1. The van der Waals surface area contributed by atoms with Crippen molar-refractivity contribution in [1.29, 1.82) is 5.26 Å². The molecule has 6 heteroatoms. The molecule has 110 valence electrons. The topological polar surface area (TPSA) is 74.5 Å². The molecule has 0 saturated carbocycles. The third-order valence-corrected chi connectivity index (χ3v) is 2.66. The van der Waals surface area contributed by atoms with Crippen LogP contribution < -0.4 is 5.32 Å². The van der Waals surface area contributed by atoms with Crippen molar-refractivity contribution in [2.45, 2.75) is 0 Å². The number of nitrogens with one attached hydrogen (secondary N) is 1. The number of anilines is 1. The third kappa shape index (κ3) is 4.42. The minimum absolute atomic E-state index is 0.273. The SMILES string of the molecule is N#Cc1ccc(NC(=O)CO/N=C\c2ccccc2F)cc1. The Morgan fingerprint density at radius 3 is 2.68 bits per heavy atom. The van der Waals surface area contributed by atoms with Gasteiger partial charge in [0, 0.05) is 11.3 Å². The monoisotopic (exact) mass is 297 g/mol. The molecule has 0 aliphatic heterocycles. The first kappa shape index (κ1) is 15.2. The molecule has 0 spiro atoms. The number of hydrogen-bond donors (Lipinski definition) is 1. The highest BCUT2D eigenvalue weighted by Crippen LogP contribution is 2.08. The lowest BCUT2D eigenvalue weighted by molar-refractivity contribution is -0.120. The van der Waals surface area contributed by atoms with Crippen LogP contribution in [0.25, 0.3) is 0 Å². The Kier molecular flexibility index (Phi) is 5.21. The summed E-state index contributed by atoms with van der Waals surface area (Å²) in [7, 11) is 0. The van der Waals surface area contributed by atoms with Crippen LogP contribution >= 0.6 is 0 Å². The van der Waals surface area contributed by atoms with Gasteiger partial charge in [0.05, 0.1) is 17.8 Å². The highest BCUT2D eigenvalue weighted by molar-refractivity contribution is 5.91. The summed E-state index contributed by atoms with van der Waals surface area (Å²) in [5.41, 5.74) is 1.32. The van der Waals surface area contributed by atoms with E-state index >= 15 is 0 Å². The molecule has 0 aliphatic carbocycles. The van der Waals surface area contributed by atoms with Crippen LogP contribution in [-0.2, 0) is 9.63 Å². The van der Waals surface area contributed by atoms with E-state index in [9.17, 15) is 9.18 Å². The zero-order valence-electron chi connectivity index (χ0n) is 11.5. The summed E-state index contributed by atoms with van der Waals surface area (Å²) in [6.45, 7) is -0.301. The average Bonchev–Trinajstić information content (AvgIpc) is 2.54. The van der Waals surface area contributed by atoms with Gasteiger partial charge in [0.15, 0.2) is 6.61 Å². The molecule has 2 aromatic rings. The molecule has 0 radical (unpaired) electrons. The zero-order chi connectivity index (χ0) is 15.8. The van der Waals surface area contributed by atoms with Gasteiger partial charge in [0.2, 0.25) is 0 Å². The van der Waals surface area contributed by atoms with Gasteiger partial charge in [-0.1, -0.05) is 23.4 Å². The Hall–Kier alpha value is -3.20. The summed E-state index contributed by atoms with van der Waals surface area (Å²) in [6, 6.07) is 14.5. The van der Waals surface area contributed by atoms with Crippen LogP contribution in [0.1, 0.15) is 11.1 Å². The smallest absolute Gasteiger partial charge is 0.265 e. The summed E-state index contributed by atoms with van der Waals surface area (Å²) in [5, 5.41) is 14.8. The van der Waals surface area contributed by atoms with Crippen molar-refractivity contribution in [3.63, 3.8) is 0 Å². The molecule has 2 aromatic carbocycles. The van der Waals surface area contributed by atoms with Gasteiger partial charge in [-0.15, -0.1) is 0 Å². The predicted molar refractivity (Wildman–Crippen MR) is 79.7 cm³/mol. The Balaban J connectivity index is 1.80. The van der Waals surface area contributed by atoms with Gasteiger partial charge >= 0.3 is 0 Å². The van der Waals surface area contributed by atoms with Crippen LogP contribution in [0.4, 0.5) is 10.1 Å². The quantitative estimate of drug-likeness (QED) is 0.681. The molecular weight excluding hydrogens is 285 g/mol. The molecule has 22 heavy (non-hydrogen) atoms. The molecule has 0 aliphatic rings. The summed E-state index contributed by atoms with van der Waals surface area (Å²) < 4.78 is 13.3. The molecule has 0 bridgehead atoms. The first-order valence-corrected chi connectivity index (χ1v) is 6.39. The summed E-state index contributed by atoms with van der Waals surface area (Å²) in [4.78, 5) is 16.4. The standard InChI is InChI=1S/C16H12FN3O2/c17-15-4-2-1-3-13(15)10-19-22-11-16(21)20-14-7-5-12(9-18)6-8-14/h1-8,10H,11H2,(H,20,21)/b19-10-. The maximum absolute atomic E-state index is 13.3. The van der Waals surface area contributed by atoms with Crippen molar-refractivity contribution < 1.29 is 14.0 Å². The molecule has 0 heterocycles. The average molecular weight is 297 g/mol. The number of amides is 1. The predicted octanol–water partition coefficient (Wildman–Crippen LogP) is 2.69. The fourth-order valence-corrected chi connectivity index (χ4v) is 1.59. The Labute approximate surface area is 126 Å². The van der Waals surface area contributed by atoms with E-state index in [0.29, 0.717) is 11.3 Å². The first-order chi connectivity index (χ1) is 10.7. The van der Waals surface area contributed by atoms with Crippen LogP contribution in [0, 0.1) is 17.1 Å². The van der Waals surface area contributed by atoms with Gasteiger partial charge in [-0.25, -0.2) is 4.39 Å². The largest absolute Gasteiger partial charge is 0.386 e. The van der Waals surface area contributed by atoms with E-state index in [1.54, 1.807) is 42.5 Å². The van der Waals surface area contributed by atoms with Crippen molar-refractivity contribution in [3.05, 3.63) is 65.5 Å². The highest BCUT2D eigenvalue weighted by Gasteiger charge is 2.03. The minimum atomic E-state index is -0.420. The number of oxime groups is 1. The van der Waals surface area contributed by atoms with E-state index in [1.807, 2.05) is 6.07 Å². The Morgan fingerprint density at radius 1 is 1.27 bits per heavy atom. The van der Waals surface area contributed by atoms with Gasteiger partial charge in [0.25, 0.3) is 5.91 Å². The molecule has 1 amide bonds. The lowest BCUT2D eigenvalue weighted by atomic mass is 10.2. The van der Waals surface area contributed by atoms with E-state index in [1.165, 1.54) is 12.3 Å². The molecular formula is C16H12FN3O2. The van der Waals surface area contributed by atoms with Gasteiger partial charge in [-0.05, 0) is 30.3 Å². The van der Waals surface area contributed by atoms with E-state index in [4.69, 9.17) is 10.1 Å². The van der Waals surface area contributed by atoms with Crippen LogP contribution in [0.15, 0.2) is 53.7 Å². The maximum Gasteiger partial charge on any atom is 0.265 e. The molecule has 5 nitrogen and oxygen atoms in total. The van der Waals surface area contributed by atoms with Crippen LogP contribution in [0.5, 0.6) is 0 Å². The second-order valence-electron chi connectivity index (χ2n) is 4.27. The van der Waals surface area contributed by atoms with Crippen molar-refractivity contribution in [3.8, 4) is 6.07 Å². The van der Waals surface area contributed by atoms with Gasteiger partial charge < -0.3 is 10.2 Å². The number of rotatable bonds is 5. The summed E-state index contributed by atoms with van der Waals surface area (Å²) in [5.74, 6) is -0.827. The molecule has 2 rings (SSSR count). The Morgan fingerprint density at radius 2 is 2.00 bits per heavy atom. The lowest BCUT2D eigenvalue weighted by Gasteiger charge is -2.04. The fourth-order valence-electron chi connectivity index (χ4n) is 1.59. The number of carbonyl (C=O) groups excluding carboxylic acids is 1. The first-order valence-electron chi connectivity index (χ1n) is 6.39. The van der Waals surface area contributed by atoms with Crippen molar-refractivity contribution in [2.24, 2.45) is 5.16 Å². The number of nitrogens with zero attached hydrogens (tertiary/aromatic N) is 2. The number of carbonyl (C=O) groups is 1. The summed E-state index contributed by atoms with van der Waals surface area (Å²) >= 11 is 0. The highest BCUT2D eigenvalue weighted by atomic mass is 19.1. The summed E-state index contributed by atoms with van der Waals surface area (Å²) in [6.07, 6.45) is 1.20. The minimum Gasteiger partial charge on any atom is -0.386 e. The van der Waals surface area contributed by atoms with E-state index in [-0.39, 0.29) is 12.2 Å². The van der Waals surface area contributed by atoms with E-state index in [2.05, 4.69) is 10.5 Å². The second kappa shape index (κ2) is 7.55. The number of halogens is 1. The molecule has 0 atom stereocenters. The van der Waals surface area contributed by atoms with Crippen LogP contribution in [-0.4, -0.2) is 18.7 Å². The molecule has 0 aromatic heterocycles.